The molecule has 2 aliphatic rings. The number of aryl methyl sites for hydroxylation is 2. The molecule has 0 heterocycles. The second-order valence-corrected chi connectivity index (χ2v) is 18.9. The molecular weight excluding hydrogens is 751 g/mol. The zero-order valence-electron chi connectivity index (χ0n) is 33.8. The summed E-state index contributed by atoms with van der Waals surface area (Å²) in [5, 5.41) is 0. The molecular formula is C49H60Cl2Zr-2. The van der Waals surface area contributed by atoms with E-state index >= 15 is 0 Å². The van der Waals surface area contributed by atoms with Crippen LogP contribution in [-0.4, -0.2) is 3.21 Å². The maximum Gasteiger partial charge on any atom is -0.0126 e. The van der Waals surface area contributed by atoms with Gasteiger partial charge in [0.1, 0.15) is 0 Å². The summed E-state index contributed by atoms with van der Waals surface area (Å²) < 4.78 is 1.75. The Morgan fingerprint density at radius 1 is 0.673 bits per heavy atom. The van der Waals surface area contributed by atoms with Crippen molar-refractivity contribution in [2.75, 3.05) is 0 Å². The van der Waals surface area contributed by atoms with Gasteiger partial charge in [-0.1, -0.05) is 124 Å². The number of fused-ring (bicyclic) bond motifs is 3. The van der Waals surface area contributed by atoms with E-state index in [9.17, 15) is 0 Å². The van der Waals surface area contributed by atoms with E-state index in [2.05, 4.69) is 168 Å². The Morgan fingerprint density at radius 2 is 1.19 bits per heavy atom. The SMILES string of the molecule is CC(C)C[C](=[Zr+2])CC(C)C.Cc1ccccc1-c1[c-]c2c(cc1C(C)(C)C)-c1cc(C(C)(C)C)c(-c3ccccc3C)cc1C2.[C-]1=CC=CC1.[Cl-].[Cl-]. The zero-order valence-corrected chi connectivity index (χ0v) is 37.8. The molecule has 0 saturated heterocycles. The van der Waals surface area contributed by atoms with Gasteiger partial charge in [0.15, 0.2) is 0 Å². The maximum atomic E-state index is 3.93. The number of hydrogen-bond donors (Lipinski definition) is 0. The van der Waals surface area contributed by atoms with Gasteiger partial charge in [0, 0.05) is 0 Å². The van der Waals surface area contributed by atoms with Gasteiger partial charge in [-0.15, -0.1) is 35.2 Å². The molecule has 52 heavy (non-hydrogen) atoms. The average molecular weight is 811 g/mol. The van der Waals surface area contributed by atoms with Gasteiger partial charge in [0.05, 0.1) is 0 Å². The second kappa shape index (κ2) is 19.9. The minimum absolute atomic E-state index is 0. The topological polar surface area (TPSA) is 0 Å². The van der Waals surface area contributed by atoms with E-state index in [1.807, 2.05) is 12.2 Å². The van der Waals surface area contributed by atoms with Gasteiger partial charge in [-0.3, -0.25) is 6.08 Å². The van der Waals surface area contributed by atoms with Crippen molar-refractivity contribution >= 4 is 3.21 Å². The molecule has 0 spiro atoms. The fraction of sp³-hybridized carbons (Fsp3) is 0.408. The van der Waals surface area contributed by atoms with Crippen molar-refractivity contribution < 1.29 is 49.0 Å². The van der Waals surface area contributed by atoms with Crippen LogP contribution in [0.5, 0.6) is 0 Å². The van der Waals surface area contributed by atoms with Crippen molar-refractivity contribution in [1.82, 2.24) is 0 Å². The van der Waals surface area contributed by atoms with Crippen molar-refractivity contribution in [1.29, 1.82) is 0 Å². The van der Waals surface area contributed by atoms with Crippen molar-refractivity contribution in [3.8, 4) is 33.4 Å². The summed E-state index contributed by atoms with van der Waals surface area (Å²) in [4.78, 5) is 0. The fourth-order valence-electron chi connectivity index (χ4n) is 6.99. The van der Waals surface area contributed by atoms with Gasteiger partial charge >= 0.3 is 79.8 Å². The second-order valence-electron chi connectivity index (χ2n) is 17.1. The van der Waals surface area contributed by atoms with Crippen LogP contribution < -0.4 is 24.8 Å². The van der Waals surface area contributed by atoms with Crippen LogP contribution >= 0.6 is 0 Å². The number of rotatable bonds is 6. The summed E-state index contributed by atoms with van der Waals surface area (Å²) in [5.41, 5.74) is 16.3. The predicted octanol–water partition coefficient (Wildman–Crippen LogP) is 7.72. The minimum Gasteiger partial charge on any atom is -1.00 e. The van der Waals surface area contributed by atoms with Crippen LogP contribution in [0.3, 0.4) is 0 Å². The molecule has 0 aromatic heterocycles. The molecule has 0 nitrogen and oxygen atoms in total. The van der Waals surface area contributed by atoms with Gasteiger partial charge in [-0.05, 0) is 58.9 Å². The molecule has 0 amide bonds. The summed E-state index contributed by atoms with van der Waals surface area (Å²) in [6, 6.07) is 28.9. The first kappa shape index (κ1) is 45.8. The predicted molar refractivity (Wildman–Crippen MR) is 217 cm³/mol. The van der Waals surface area contributed by atoms with E-state index in [0.29, 0.717) is 0 Å². The summed E-state index contributed by atoms with van der Waals surface area (Å²) in [7, 11) is 0. The van der Waals surface area contributed by atoms with Crippen molar-refractivity contribution in [3.63, 3.8) is 0 Å². The quantitative estimate of drug-likeness (QED) is 0.154. The fourth-order valence-corrected chi connectivity index (χ4v) is 8.99. The van der Waals surface area contributed by atoms with E-state index in [4.69, 9.17) is 0 Å². The normalized spacial score (nSPS) is 12.6. The largest absolute Gasteiger partial charge is 1.00 e. The number of benzene rings is 4. The standard InChI is InChI=1S/C35H37.C9H18.C5H5.2ClH.Zr/c1-22-13-9-11-15-26(22)30-18-24-17-25-19-31(27-16-12-10-14-23(27)2)33(35(6,7)8)21-29(25)28(24)20-32(30)34(3,4)5;1-8(2)6-5-7-9(3)4;1-2-4-5-3-1;;;/h9-16,18,20-21H,17H2,1-8H3;8-9H,6-7H2,1-4H3;1-3H,4H2;2*1H;/q-1;;-1;;;+2/p-2. The molecule has 3 heteroatoms. The molecule has 0 atom stereocenters. The van der Waals surface area contributed by atoms with Gasteiger partial charge in [-0.25, -0.2) is 12.2 Å². The molecule has 0 saturated carbocycles. The third kappa shape index (κ3) is 12.1. The van der Waals surface area contributed by atoms with Crippen molar-refractivity contribution in [2.24, 2.45) is 11.8 Å². The van der Waals surface area contributed by atoms with Gasteiger partial charge in [0.25, 0.3) is 0 Å². The minimum atomic E-state index is 0. The first-order valence-electron chi connectivity index (χ1n) is 18.6. The average Bonchev–Trinajstić information content (AvgIpc) is 3.71. The van der Waals surface area contributed by atoms with Crippen LogP contribution in [-0.2, 0) is 41.5 Å². The molecule has 0 bridgehead atoms. The molecule has 0 unspecified atom stereocenters. The smallest absolute Gasteiger partial charge is 0.0126 e. The van der Waals surface area contributed by atoms with E-state index in [1.54, 1.807) is 27.4 Å². The van der Waals surface area contributed by atoms with E-state index in [-0.39, 0.29) is 35.6 Å². The van der Waals surface area contributed by atoms with Crippen LogP contribution in [0.4, 0.5) is 0 Å². The molecule has 4 aromatic rings. The van der Waals surface area contributed by atoms with E-state index in [0.717, 1.165) is 24.7 Å². The molecule has 6 rings (SSSR count). The monoisotopic (exact) mass is 808 g/mol. The van der Waals surface area contributed by atoms with Gasteiger partial charge in [0.2, 0.25) is 0 Å². The van der Waals surface area contributed by atoms with Gasteiger partial charge in [-0.2, -0.15) is 6.08 Å². The zero-order chi connectivity index (χ0) is 36.8. The Kier molecular flexibility index (Phi) is 17.5. The molecule has 0 N–H and O–H groups in total. The summed E-state index contributed by atoms with van der Waals surface area (Å²) in [6.45, 7) is 27.6. The third-order valence-electron chi connectivity index (χ3n) is 9.42. The van der Waals surface area contributed by atoms with Crippen molar-refractivity contribution in [3.05, 3.63) is 130 Å². The van der Waals surface area contributed by atoms with E-state index < -0.39 is 0 Å². The Balaban J connectivity index is 0.000000462. The summed E-state index contributed by atoms with van der Waals surface area (Å²) in [6.07, 6.45) is 13.6. The van der Waals surface area contributed by atoms with Gasteiger partial charge < -0.3 is 24.8 Å². The maximum absolute atomic E-state index is 3.93. The Hall–Kier alpha value is -2.31. The molecule has 0 aliphatic heterocycles. The molecule has 276 valence electrons. The molecule has 0 fully saturated rings. The first-order chi connectivity index (χ1) is 23.5. The van der Waals surface area contributed by atoms with Crippen LogP contribution in [0.15, 0.2) is 85.0 Å². The Bertz CT molecular complexity index is 1720. The first-order valence-corrected chi connectivity index (χ1v) is 19.9. The number of allylic oxidation sites excluding steroid dienone is 4. The van der Waals surface area contributed by atoms with Crippen LogP contribution in [0.1, 0.15) is 122 Å². The van der Waals surface area contributed by atoms with Crippen LogP contribution in [0.25, 0.3) is 33.4 Å². The molecule has 4 aromatic carbocycles. The van der Waals surface area contributed by atoms with Crippen LogP contribution in [0, 0.1) is 37.8 Å². The summed E-state index contributed by atoms with van der Waals surface area (Å²) >= 11 is 1.65. The number of halogens is 2. The molecule has 2 aliphatic carbocycles. The van der Waals surface area contributed by atoms with Crippen molar-refractivity contribution in [2.45, 2.75) is 120 Å². The Labute approximate surface area is 345 Å². The molecule has 0 radical (unpaired) electrons. The summed E-state index contributed by atoms with van der Waals surface area (Å²) in [5.74, 6) is 1.71. The third-order valence-corrected chi connectivity index (χ3v) is 10.4. The van der Waals surface area contributed by atoms with E-state index in [1.165, 1.54) is 79.6 Å². The number of hydrogen-bond acceptors (Lipinski definition) is 0. The van der Waals surface area contributed by atoms with Crippen LogP contribution in [0.2, 0.25) is 0 Å². The Morgan fingerprint density at radius 3 is 1.63 bits per heavy atom.